The second-order valence-electron chi connectivity index (χ2n) is 4.57. The van der Waals surface area contributed by atoms with Crippen molar-refractivity contribution < 1.29 is 9.84 Å². The Labute approximate surface area is 91.6 Å². The number of hydrogen-bond donors (Lipinski definition) is 2. The summed E-state index contributed by atoms with van der Waals surface area (Å²) in [6, 6.07) is 0.797. The molecule has 15 heavy (non-hydrogen) atoms. The van der Waals surface area contributed by atoms with Crippen LogP contribution in [0.5, 0.6) is 0 Å². The number of hydrogen-bond acceptors (Lipinski definition) is 4. The van der Waals surface area contributed by atoms with Gasteiger partial charge in [0.2, 0.25) is 0 Å². The van der Waals surface area contributed by atoms with Crippen molar-refractivity contribution in [3.05, 3.63) is 0 Å². The Kier molecular flexibility index (Phi) is 3.97. The first-order chi connectivity index (χ1) is 7.35. The zero-order valence-corrected chi connectivity index (χ0v) is 9.48. The molecule has 0 radical (unpaired) electrons. The highest BCUT2D eigenvalue weighted by molar-refractivity contribution is 4.90. The molecule has 88 valence electrons. The minimum atomic E-state index is 0.198. The van der Waals surface area contributed by atoms with Crippen molar-refractivity contribution in [3.8, 4) is 0 Å². The first-order valence-corrected chi connectivity index (χ1v) is 5.99. The summed E-state index contributed by atoms with van der Waals surface area (Å²) in [7, 11) is 1.91. The molecule has 0 aromatic heterocycles. The molecule has 4 heteroatoms. The standard InChI is InChI=1S/C11H22N2O2/c1-12-9(8-14)7-13-5-6-15-11-4-2-3-10(11)13/h9-12,14H,2-8H2,1H3. The Morgan fingerprint density at radius 3 is 3.13 bits per heavy atom. The lowest BCUT2D eigenvalue weighted by Crippen LogP contribution is -2.53. The van der Waals surface area contributed by atoms with Gasteiger partial charge >= 0.3 is 0 Å². The number of nitrogens with one attached hydrogen (secondary N) is 1. The van der Waals surface area contributed by atoms with E-state index in [4.69, 9.17) is 4.74 Å². The number of ether oxygens (including phenoxy) is 1. The second kappa shape index (κ2) is 5.25. The normalized spacial score (nSPS) is 34.0. The fraction of sp³-hybridized carbons (Fsp3) is 1.00. The maximum Gasteiger partial charge on any atom is 0.0730 e. The molecule has 1 saturated heterocycles. The number of rotatable bonds is 4. The largest absolute Gasteiger partial charge is 0.395 e. The molecule has 3 atom stereocenters. The Morgan fingerprint density at radius 2 is 2.40 bits per heavy atom. The predicted molar refractivity (Wildman–Crippen MR) is 58.9 cm³/mol. The molecule has 2 N–H and O–H groups in total. The summed E-state index contributed by atoms with van der Waals surface area (Å²) in [5, 5.41) is 12.3. The average molecular weight is 214 g/mol. The Bertz CT molecular complexity index is 197. The van der Waals surface area contributed by atoms with Gasteiger partial charge in [-0.15, -0.1) is 0 Å². The van der Waals surface area contributed by atoms with Crippen LogP contribution in [-0.4, -0.2) is 61.5 Å². The van der Waals surface area contributed by atoms with Crippen molar-refractivity contribution in [1.82, 2.24) is 10.2 Å². The van der Waals surface area contributed by atoms with Gasteiger partial charge in [-0.2, -0.15) is 0 Å². The van der Waals surface area contributed by atoms with Crippen LogP contribution < -0.4 is 5.32 Å². The van der Waals surface area contributed by atoms with Gasteiger partial charge in [-0.05, 0) is 26.3 Å². The van der Waals surface area contributed by atoms with E-state index in [-0.39, 0.29) is 12.6 Å². The first-order valence-electron chi connectivity index (χ1n) is 5.99. The molecule has 1 aliphatic carbocycles. The first kappa shape index (κ1) is 11.3. The van der Waals surface area contributed by atoms with Crippen LogP contribution in [0.3, 0.4) is 0 Å². The SMILES string of the molecule is CNC(CO)CN1CCOC2CCCC21. The van der Waals surface area contributed by atoms with Crippen molar-refractivity contribution in [2.24, 2.45) is 0 Å². The number of morpholine rings is 1. The summed E-state index contributed by atoms with van der Waals surface area (Å²) >= 11 is 0. The molecule has 0 aromatic carbocycles. The van der Waals surface area contributed by atoms with E-state index in [1.807, 2.05) is 7.05 Å². The topological polar surface area (TPSA) is 44.7 Å². The lowest BCUT2D eigenvalue weighted by Gasteiger charge is -2.39. The highest BCUT2D eigenvalue weighted by atomic mass is 16.5. The van der Waals surface area contributed by atoms with E-state index >= 15 is 0 Å². The molecule has 0 amide bonds. The van der Waals surface area contributed by atoms with Gasteiger partial charge in [-0.1, -0.05) is 0 Å². The Morgan fingerprint density at radius 1 is 1.53 bits per heavy atom. The molecule has 3 unspecified atom stereocenters. The summed E-state index contributed by atoms with van der Waals surface area (Å²) < 4.78 is 5.76. The van der Waals surface area contributed by atoms with Crippen LogP contribution >= 0.6 is 0 Å². The minimum Gasteiger partial charge on any atom is -0.395 e. The zero-order valence-electron chi connectivity index (χ0n) is 9.48. The lowest BCUT2D eigenvalue weighted by molar-refractivity contribution is -0.0594. The van der Waals surface area contributed by atoms with E-state index in [9.17, 15) is 5.11 Å². The van der Waals surface area contributed by atoms with Crippen molar-refractivity contribution >= 4 is 0 Å². The summed E-state index contributed by atoms with van der Waals surface area (Å²) in [4.78, 5) is 2.48. The number of nitrogens with zero attached hydrogens (tertiary/aromatic N) is 1. The van der Waals surface area contributed by atoms with Gasteiger partial charge in [0.05, 0.1) is 19.3 Å². The van der Waals surface area contributed by atoms with Gasteiger partial charge in [0.25, 0.3) is 0 Å². The molecular formula is C11H22N2O2. The lowest BCUT2D eigenvalue weighted by atomic mass is 10.1. The molecule has 1 heterocycles. The highest BCUT2D eigenvalue weighted by Gasteiger charge is 2.36. The number of fused-ring (bicyclic) bond motifs is 1. The highest BCUT2D eigenvalue weighted by Crippen LogP contribution is 2.29. The van der Waals surface area contributed by atoms with E-state index in [0.29, 0.717) is 12.1 Å². The third-order valence-corrected chi connectivity index (χ3v) is 3.68. The molecule has 0 bridgehead atoms. The number of aliphatic hydroxyl groups excluding tert-OH is 1. The van der Waals surface area contributed by atoms with Gasteiger partial charge in [-0.25, -0.2) is 0 Å². The van der Waals surface area contributed by atoms with E-state index < -0.39 is 0 Å². The molecule has 2 aliphatic rings. The maximum atomic E-state index is 9.18. The monoisotopic (exact) mass is 214 g/mol. The van der Waals surface area contributed by atoms with Gasteiger partial charge in [0, 0.05) is 25.2 Å². The van der Waals surface area contributed by atoms with Crippen LogP contribution in [-0.2, 0) is 4.74 Å². The molecule has 0 aromatic rings. The predicted octanol–water partition coefficient (Wildman–Crippen LogP) is -0.180. The van der Waals surface area contributed by atoms with Gasteiger partial charge in [0.15, 0.2) is 0 Å². The Hall–Kier alpha value is -0.160. The summed E-state index contributed by atoms with van der Waals surface area (Å²) in [6.07, 6.45) is 4.21. The molecule has 1 aliphatic heterocycles. The van der Waals surface area contributed by atoms with Crippen molar-refractivity contribution in [2.75, 3.05) is 33.4 Å². The maximum absolute atomic E-state index is 9.18. The Balaban J connectivity index is 1.89. The van der Waals surface area contributed by atoms with Crippen LogP contribution in [0.2, 0.25) is 0 Å². The van der Waals surface area contributed by atoms with E-state index in [0.717, 1.165) is 19.7 Å². The molecule has 2 rings (SSSR count). The summed E-state index contributed by atoms with van der Waals surface area (Å²) in [5.41, 5.74) is 0. The van der Waals surface area contributed by atoms with Crippen molar-refractivity contribution in [2.45, 2.75) is 37.5 Å². The third-order valence-electron chi connectivity index (χ3n) is 3.68. The third kappa shape index (κ3) is 2.50. The fourth-order valence-corrected chi connectivity index (χ4v) is 2.76. The smallest absolute Gasteiger partial charge is 0.0730 e. The van der Waals surface area contributed by atoms with E-state index in [1.165, 1.54) is 19.3 Å². The molecular weight excluding hydrogens is 192 g/mol. The van der Waals surface area contributed by atoms with Crippen LogP contribution in [0.15, 0.2) is 0 Å². The van der Waals surface area contributed by atoms with E-state index in [1.54, 1.807) is 0 Å². The molecule has 0 spiro atoms. The van der Waals surface area contributed by atoms with Crippen LogP contribution in [0.25, 0.3) is 0 Å². The minimum absolute atomic E-state index is 0.198. The molecule has 1 saturated carbocycles. The fourth-order valence-electron chi connectivity index (χ4n) is 2.76. The molecule has 4 nitrogen and oxygen atoms in total. The van der Waals surface area contributed by atoms with Gasteiger partial charge < -0.3 is 15.2 Å². The number of likely N-dealkylation sites (N-methyl/N-ethyl adjacent to an activating group) is 1. The molecule has 2 fully saturated rings. The van der Waals surface area contributed by atoms with Gasteiger partial charge in [0.1, 0.15) is 0 Å². The second-order valence-corrected chi connectivity index (χ2v) is 4.57. The quantitative estimate of drug-likeness (QED) is 0.681. The van der Waals surface area contributed by atoms with Crippen LogP contribution in [0.1, 0.15) is 19.3 Å². The number of aliphatic hydroxyl groups is 1. The van der Waals surface area contributed by atoms with Crippen LogP contribution in [0, 0.1) is 0 Å². The van der Waals surface area contributed by atoms with Crippen LogP contribution in [0.4, 0.5) is 0 Å². The van der Waals surface area contributed by atoms with Crippen molar-refractivity contribution in [1.29, 1.82) is 0 Å². The van der Waals surface area contributed by atoms with Crippen molar-refractivity contribution in [3.63, 3.8) is 0 Å². The average Bonchev–Trinajstić information content (AvgIpc) is 2.74. The van der Waals surface area contributed by atoms with E-state index in [2.05, 4.69) is 10.2 Å². The zero-order chi connectivity index (χ0) is 10.7. The summed E-state index contributed by atoms with van der Waals surface area (Å²) in [5.74, 6) is 0. The van der Waals surface area contributed by atoms with Gasteiger partial charge in [-0.3, -0.25) is 4.90 Å². The summed E-state index contributed by atoms with van der Waals surface area (Å²) in [6.45, 7) is 3.02.